The summed E-state index contributed by atoms with van der Waals surface area (Å²) in [5, 5.41) is 5.82. The van der Waals surface area contributed by atoms with Crippen molar-refractivity contribution in [1.82, 2.24) is 15.0 Å². The van der Waals surface area contributed by atoms with Gasteiger partial charge in [0.1, 0.15) is 0 Å². The van der Waals surface area contributed by atoms with Gasteiger partial charge in [-0.05, 0) is 33.0 Å². The van der Waals surface area contributed by atoms with Gasteiger partial charge in [-0.1, -0.05) is 0 Å². The van der Waals surface area contributed by atoms with E-state index >= 15 is 0 Å². The molecule has 1 heterocycles. The number of rotatable bonds is 3. The van der Waals surface area contributed by atoms with E-state index in [1.165, 1.54) is 7.11 Å². The van der Waals surface area contributed by atoms with E-state index in [4.69, 9.17) is 22.7 Å². The third-order valence-electron chi connectivity index (χ3n) is 1.52. The van der Waals surface area contributed by atoms with Gasteiger partial charge in [0.15, 0.2) is 5.11 Å². The second-order valence-electron chi connectivity index (χ2n) is 4.33. The minimum absolute atomic E-state index is 0.0833. The van der Waals surface area contributed by atoms with Gasteiger partial charge < -0.3 is 21.1 Å². The number of nitrogens with two attached hydrogens (primary N) is 1. The number of aromatic nitrogens is 3. The van der Waals surface area contributed by atoms with Crippen molar-refractivity contribution in [1.29, 1.82) is 0 Å². The number of nitrogens with one attached hydrogen (secondary N) is 2. The highest BCUT2D eigenvalue weighted by Crippen LogP contribution is 2.14. The quantitative estimate of drug-likeness (QED) is 0.681. The lowest BCUT2D eigenvalue weighted by Gasteiger charge is -2.20. The van der Waals surface area contributed by atoms with E-state index in [-0.39, 0.29) is 22.6 Å². The van der Waals surface area contributed by atoms with E-state index < -0.39 is 0 Å². The molecule has 0 radical (unpaired) electrons. The highest BCUT2D eigenvalue weighted by atomic mass is 32.1. The molecular weight excluding hydrogens is 240 g/mol. The van der Waals surface area contributed by atoms with Crippen LogP contribution in [0.3, 0.4) is 0 Å². The highest BCUT2D eigenvalue weighted by Gasteiger charge is 2.14. The Morgan fingerprint density at radius 2 is 1.82 bits per heavy atom. The molecule has 0 aliphatic carbocycles. The molecule has 0 aromatic carbocycles. The Morgan fingerprint density at radius 3 is 2.29 bits per heavy atom. The summed E-state index contributed by atoms with van der Waals surface area (Å²) in [6.07, 6.45) is 0. The maximum Gasteiger partial charge on any atom is 0.322 e. The van der Waals surface area contributed by atoms with Crippen LogP contribution in [0.5, 0.6) is 6.01 Å². The van der Waals surface area contributed by atoms with E-state index in [1.807, 2.05) is 20.8 Å². The number of ether oxygens (including phenoxy) is 1. The van der Waals surface area contributed by atoms with Crippen LogP contribution < -0.4 is 21.1 Å². The van der Waals surface area contributed by atoms with Gasteiger partial charge >= 0.3 is 6.01 Å². The fourth-order valence-electron chi connectivity index (χ4n) is 1.01. The van der Waals surface area contributed by atoms with Gasteiger partial charge in [-0.2, -0.15) is 15.0 Å². The number of thiocarbonyl (C=S) groups is 1. The monoisotopic (exact) mass is 256 g/mol. The first kappa shape index (κ1) is 13.4. The predicted octanol–water partition coefficient (Wildman–Crippen LogP) is 0.746. The van der Waals surface area contributed by atoms with Gasteiger partial charge in [-0.15, -0.1) is 0 Å². The van der Waals surface area contributed by atoms with Gasteiger partial charge in [0.2, 0.25) is 11.9 Å². The molecule has 0 bridgehead atoms. The molecule has 0 unspecified atom stereocenters. The van der Waals surface area contributed by atoms with Gasteiger partial charge in [0, 0.05) is 5.54 Å². The summed E-state index contributed by atoms with van der Waals surface area (Å²) < 4.78 is 4.97. The molecule has 4 N–H and O–H groups in total. The summed E-state index contributed by atoms with van der Waals surface area (Å²) in [4.78, 5) is 12.1. The third kappa shape index (κ3) is 4.77. The Morgan fingerprint density at radius 1 is 1.24 bits per heavy atom. The maximum absolute atomic E-state index is 5.35. The topological polar surface area (TPSA) is 98.0 Å². The molecule has 8 heteroatoms. The molecule has 0 fully saturated rings. The van der Waals surface area contributed by atoms with Crippen LogP contribution in [0.25, 0.3) is 0 Å². The van der Waals surface area contributed by atoms with E-state index in [0.29, 0.717) is 5.95 Å². The Hall–Kier alpha value is -1.70. The van der Waals surface area contributed by atoms with Crippen molar-refractivity contribution in [3.63, 3.8) is 0 Å². The second-order valence-corrected chi connectivity index (χ2v) is 4.77. The highest BCUT2D eigenvalue weighted by molar-refractivity contribution is 7.80. The smallest absolute Gasteiger partial charge is 0.322 e. The normalized spacial score (nSPS) is 10.8. The number of anilines is 2. The first-order chi connectivity index (χ1) is 7.80. The van der Waals surface area contributed by atoms with Crippen LogP contribution in [-0.4, -0.2) is 32.7 Å². The fourth-order valence-corrected chi connectivity index (χ4v) is 1.10. The van der Waals surface area contributed by atoms with Crippen molar-refractivity contribution in [2.75, 3.05) is 17.7 Å². The van der Waals surface area contributed by atoms with Gasteiger partial charge in [0.05, 0.1) is 7.11 Å². The predicted molar refractivity (Wildman–Crippen MR) is 70.2 cm³/mol. The number of methoxy groups -OCH3 is 1. The summed E-state index contributed by atoms with van der Waals surface area (Å²) in [5.41, 5.74) is 5.18. The Balaban J connectivity index is 3.00. The molecule has 0 amide bonds. The minimum atomic E-state index is -0.174. The van der Waals surface area contributed by atoms with Crippen molar-refractivity contribution in [3.8, 4) is 6.01 Å². The molecule has 17 heavy (non-hydrogen) atoms. The molecule has 0 spiro atoms. The molecule has 1 aromatic heterocycles. The average molecular weight is 256 g/mol. The van der Waals surface area contributed by atoms with Gasteiger partial charge in [0.25, 0.3) is 0 Å². The summed E-state index contributed by atoms with van der Waals surface area (Å²) in [6.45, 7) is 5.97. The molecule has 94 valence electrons. The van der Waals surface area contributed by atoms with E-state index in [1.54, 1.807) is 0 Å². The van der Waals surface area contributed by atoms with Crippen molar-refractivity contribution in [3.05, 3.63) is 0 Å². The van der Waals surface area contributed by atoms with E-state index in [2.05, 4.69) is 25.6 Å². The zero-order chi connectivity index (χ0) is 13.1. The lowest BCUT2D eigenvalue weighted by atomic mass is 10.1. The van der Waals surface area contributed by atoms with Crippen molar-refractivity contribution in [2.24, 2.45) is 5.73 Å². The average Bonchev–Trinajstić information content (AvgIpc) is 2.13. The van der Waals surface area contributed by atoms with Crippen LogP contribution in [0, 0.1) is 0 Å². The lowest BCUT2D eigenvalue weighted by Crippen LogP contribution is -2.28. The van der Waals surface area contributed by atoms with Crippen molar-refractivity contribution >= 4 is 29.2 Å². The SMILES string of the molecule is COc1nc(NC(N)=S)nc(NC(C)(C)C)n1. The molecule has 0 aliphatic heterocycles. The standard InChI is InChI=1S/C9H16N6OS/c1-9(2,3)15-7-12-6(11-5(10)17)13-8(14-7)16-4/h1-4H3,(H4,10,11,12,13,14,15,17). The largest absolute Gasteiger partial charge is 0.467 e. The summed E-state index contributed by atoms with van der Waals surface area (Å²) >= 11 is 4.72. The van der Waals surface area contributed by atoms with Crippen LogP contribution in [0.4, 0.5) is 11.9 Å². The number of nitrogens with zero attached hydrogens (tertiary/aromatic N) is 3. The molecule has 0 aliphatic rings. The second kappa shape index (κ2) is 5.09. The fraction of sp³-hybridized carbons (Fsp3) is 0.556. The Labute approximate surface area is 105 Å². The molecule has 0 atom stereocenters. The van der Waals surface area contributed by atoms with Gasteiger partial charge in [-0.25, -0.2) is 0 Å². The number of hydrogen-bond donors (Lipinski definition) is 3. The molecular formula is C9H16N6OS. The Bertz CT molecular complexity index is 416. The van der Waals surface area contributed by atoms with Crippen molar-refractivity contribution in [2.45, 2.75) is 26.3 Å². The molecule has 1 aromatic rings. The van der Waals surface area contributed by atoms with Crippen LogP contribution >= 0.6 is 12.2 Å². The van der Waals surface area contributed by atoms with E-state index in [0.717, 1.165) is 0 Å². The van der Waals surface area contributed by atoms with Crippen LogP contribution in [-0.2, 0) is 0 Å². The maximum atomic E-state index is 5.35. The molecule has 1 rings (SSSR count). The zero-order valence-electron chi connectivity index (χ0n) is 10.2. The summed E-state index contributed by atoms with van der Waals surface area (Å²) in [6, 6.07) is 0.186. The van der Waals surface area contributed by atoms with Crippen LogP contribution in [0.2, 0.25) is 0 Å². The molecule has 0 saturated heterocycles. The van der Waals surface area contributed by atoms with E-state index in [9.17, 15) is 0 Å². The lowest BCUT2D eigenvalue weighted by molar-refractivity contribution is 0.379. The Kier molecular flexibility index (Phi) is 4.00. The van der Waals surface area contributed by atoms with Crippen molar-refractivity contribution < 1.29 is 4.74 Å². The summed E-state index contributed by atoms with van der Waals surface area (Å²) in [5.74, 6) is 0.638. The first-order valence-electron chi connectivity index (χ1n) is 4.95. The van der Waals surface area contributed by atoms with Crippen LogP contribution in [0.1, 0.15) is 20.8 Å². The summed E-state index contributed by atoms with van der Waals surface area (Å²) in [7, 11) is 1.47. The minimum Gasteiger partial charge on any atom is -0.467 e. The zero-order valence-corrected chi connectivity index (χ0v) is 11.1. The first-order valence-corrected chi connectivity index (χ1v) is 5.36. The molecule has 0 saturated carbocycles. The van der Waals surface area contributed by atoms with Gasteiger partial charge in [-0.3, -0.25) is 0 Å². The third-order valence-corrected chi connectivity index (χ3v) is 1.62. The molecule has 7 nitrogen and oxygen atoms in total. The van der Waals surface area contributed by atoms with Crippen LogP contribution in [0.15, 0.2) is 0 Å². The number of hydrogen-bond acceptors (Lipinski definition) is 6.